The minimum atomic E-state index is -4.43. The predicted molar refractivity (Wildman–Crippen MR) is 125 cm³/mol. The van der Waals surface area contributed by atoms with Crippen molar-refractivity contribution in [3.63, 3.8) is 0 Å². The Balaban J connectivity index is 1.43. The number of benzene rings is 3. The van der Waals surface area contributed by atoms with Crippen LogP contribution >= 0.6 is 0 Å². The van der Waals surface area contributed by atoms with Crippen molar-refractivity contribution in [3.05, 3.63) is 95.1 Å². The molecule has 0 aromatic heterocycles. The fourth-order valence-corrected chi connectivity index (χ4v) is 3.95. The van der Waals surface area contributed by atoms with Crippen LogP contribution in [0.1, 0.15) is 33.5 Å². The maximum atomic E-state index is 13.1. The van der Waals surface area contributed by atoms with Gasteiger partial charge in [0.05, 0.1) is 5.56 Å². The second-order valence-electron chi connectivity index (χ2n) is 8.28. The summed E-state index contributed by atoms with van der Waals surface area (Å²) >= 11 is 0. The predicted octanol–water partition coefficient (Wildman–Crippen LogP) is 6.10. The van der Waals surface area contributed by atoms with Gasteiger partial charge in [0.1, 0.15) is 0 Å². The van der Waals surface area contributed by atoms with Crippen molar-refractivity contribution in [2.75, 3.05) is 23.3 Å². The highest BCUT2D eigenvalue weighted by molar-refractivity contribution is 6.04. The molecule has 34 heavy (non-hydrogen) atoms. The van der Waals surface area contributed by atoms with E-state index in [9.17, 15) is 22.8 Å². The van der Waals surface area contributed by atoms with Gasteiger partial charge in [-0.3, -0.25) is 9.69 Å². The molecule has 0 saturated carbocycles. The molecule has 0 bridgehead atoms. The second kappa shape index (κ2) is 9.59. The minimum Gasteiger partial charge on any atom is -0.322 e. The van der Waals surface area contributed by atoms with Crippen LogP contribution in [0.5, 0.6) is 0 Å². The summed E-state index contributed by atoms with van der Waals surface area (Å²) in [5.41, 5.74) is 2.50. The SMILES string of the molecule is Cc1cccc(C(=O)Nc2ccc(N3CCCN(Cc4cccc(C(F)(F)F)c4)C3=O)cc2)c1. The summed E-state index contributed by atoms with van der Waals surface area (Å²) in [6, 6.07) is 19.0. The summed E-state index contributed by atoms with van der Waals surface area (Å²) in [4.78, 5) is 28.7. The molecule has 0 spiro atoms. The summed E-state index contributed by atoms with van der Waals surface area (Å²) in [6.45, 7) is 2.99. The molecular formula is C26H24F3N3O2. The molecule has 1 aliphatic heterocycles. The number of urea groups is 1. The Morgan fingerprint density at radius 3 is 2.41 bits per heavy atom. The lowest BCUT2D eigenvalue weighted by Gasteiger charge is -2.35. The number of halogens is 3. The Labute approximate surface area is 195 Å². The topological polar surface area (TPSA) is 52.7 Å². The molecular weight excluding hydrogens is 443 g/mol. The number of hydrogen-bond donors (Lipinski definition) is 1. The highest BCUT2D eigenvalue weighted by Crippen LogP contribution is 2.30. The van der Waals surface area contributed by atoms with Crippen LogP contribution in [-0.2, 0) is 12.7 Å². The average molecular weight is 467 g/mol. The van der Waals surface area contributed by atoms with E-state index in [1.165, 1.54) is 6.07 Å². The third kappa shape index (κ3) is 5.39. The molecule has 1 saturated heterocycles. The fourth-order valence-electron chi connectivity index (χ4n) is 3.95. The van der Waals surface area contributed by atoms with Crippen LogP contribution in [0, 0.1) is 6.92 Å². The number of aryl methyl sites for hydroxylation is 1. The van der Waals surface area contributed by atoms with Crippen LogP contribution in [0.3, 0.4) is 0 Å². The molecule has 1 aliphatic rings. The van der Waals surface area contributed by atoms with Crippen molar-refractivity contribution in [3.8, 4) is 0 Å². The van der Waals surface area contributed by atoms with Crippen LogP contribution in [0.15, 0.2) is 72.8 Å². The summed E-state index contributed by atoms with van der Waals surface area (Å²) < 4.78 is 39.1. The molecule has 0 aliphatic carbocycles. The lowest BCUT2D eigenvalue weighted by Crippen LogP contribution is -2.49. The number of nitrogens with one attached hydrogen (secondary N) is 1. The van der Waals surface area contributed by atoms with E-state index in [-0.39, 0.29) is 18.5 Å². The van der Waals surface area contributed by atoms with Gasteiger partial charge in [-0.1, -0.05) is 29.8 Å². The molecule has 0 atom stereocenters. The monoisotopic (exact) mass is 467 g/mol. The normalized spacial score (nSPS) is 14.3. The number of hydrogen-bond acceptors (Lipinski definition) is 2. The van der Waals surface area contributed by atoms with Crippen molar-refractivity contribution >= 4 is 23.3 Å². The van der Waals surface area contributed by atoms with Crippen molar-refractivity contribution in [2.24, 2.45) is 0 Å². The van der Waals surface area contributed by atoms with Crippen LogP contribution < -0.4 is 10.2 Å². The zero-order valence-corrected chi connectivity index (χ0v) is 18.6. The van der Waals surface area contributed by atoms with E-state index in [0.717, 1.165) is 17.7 Å². The number of amides is 3. The van der Waals surface area contributed by atoms with E-state index in [0.29, 0.717) is 42.0 Å². The Morgan fingerprint density at radius 2 is 1.71 bits per heavy atom. The van der Waals surface area contributed by atoms with Gasteiger partial charge in [0, 0.05) is 36.6 Å². The van der Waals surface area contributed by atoms with Gasteiger partial charge in [-0.05, 0) is 67.4 Å². The number of nitrogens with zero attached hydrogens (tertiary/aromatic N) is 2. The standard InChI is InChI=1S/C26H24F3N3O2/c1-18-5-2-7-20(15-18)24(33)30-22-9-11-23(12-10-22)32-14-4-13-31(25(32)34)17-19-6-3-8-21(16-19)26(27,28)29/h2-3,5-12,15-16H,4,13-14,17H2,1H3,(H,30,33). The molecule has 3 amide bonds. The molecule has 1 N–H and O–H groups in total. The number of rotatable bonds is 5. The molecule has 0 unspecified atom stereocenters. The summed E-state index contributed by atoms with van der Waals surface area (Å²) in [6.07, 6.45) is -3.74. The molecule has 8 heteroatoms. The molecule has 1 heterocycles. The van der Waals surface area contributed by atoms with E-state index in [1.807, 2.05) is 19.1 Å². The van der Waals surface area contributed by atoms with Crippen molar-refractivity contribution in [2.45, 2.75) is 26.1 Å². The molecule has 176 valence electrons. The molecule has 5 nitrogen and oxygen atoms in total. The van der Waals surface area contributed by atoms with Crippen LogP contribution in [-0.4, -0.2) is 29.9 Å². The first-order chi connectivity index (χ1) is 16.2. The van der Waals surface area contributed by atoms with E-state index in [2.05, 4.69) is 5.32 Å². The van der Waals surface area contributed by atoms with Crippen LogP contribution in [0.4, 0.5) is 29.3 Å². The first-order valence-corrected chi connectivity index (χ1v) is 10.9. The summed E-state index contributed by atoms with van der Waals surface area (Å²) in [5, 5.41) is 2.84. The number of anilines is 2. The van der Waals surface area contributed by atoms with Crippen LogP contribution in [0.25, 0.3) is 0 Å². The number of carbonyl (C=O) groups is 2. The molecule has 1 fully saturated rings. The van der Waals surface area contributed by atoms with Gasteiger partial charge in [0.15, 0.2) is 0 Å². The van der Waals surface area contributed by atoms with Crippen LogP contribution in [0.2, 0.25) is 0 Å². The van der Waals surface area contributed by atoms with Gasteiger partial charge in [-0.2, -0.15) is 13.2 Å². The van der Waals surface area contributed by atoms with E-state index >= 15 is 0 Å². The Morgan fingerprint density at radius 1 is 0.971 bits per heavy atom. The molecule has 0 radical (unpaired) electrons. The molecule has 3 aromatic rings. The maximum Gasteiger partial charge on any atom is 0.416 e. The number of carbonyl (C=O) groups excluding carboxylic acids is 2. The Kier molecular flexibility index (Phi) is 6.58. The third-order valence-electron chi connectivity index (χ3n) is 5.66. The quantitative estimate of drug-likeness (QED) is 0.493. The highest BCUT2D eigenvalue weighted by Gasteiger charge is 2.31. The summed E-state index contributed by atoms with van der Waals surface area (Å²) in [5.74, 6) is -0.224. The van der Waals surface area contributed by atoms with Gasteiger partial charge < -0.3 is 10.2 Å². The summed E-state index contributed by atoms with van der Waals surface area (Å²) in [7, 11) is 0. The first-order valence-electron chi connectivity index (χ1n) is 10.9. The van der Waals surface area contributed by atoms with Gasteiger partial charge in [0.2, 0.25) is 0 Å². The smallest absolute Gasteiger partial charge is 0.322 e. The zero-order valence-electron chi connectivity index (χ0n) is 18.6. The third-order valence-corrected chi connectivity index (χ3v) is 5.66. The lowest BCUT2D eigenvalue weighted by molar-refractivity contribution is -0.137. The van der Waals surface area contributed by atoms with E-state index in [4.69, 9.17) is 0 Å². The van der Waals surface area contributed by atoms with Crippen molar-refractivity contribution in [1.29, 1.82) is 0 Å². The average Bonchev–Trinajstić information content (AvgIpc) is 2.81. The van der Waals surface area contributed by atoms with Gasteiger partial charge in [-0.25, -0.2) is 4.79 Å². The fraction of sp³-hybridized carbons (Fsp3) is 0.231. The Hall–Kier alpha value is -3.81. The van der Waals surface area contributed by atoms with Gasteiger partial charge >= 0.3 is 12.2 Å². The second-order valence-corrected chi connectivity index (χ2v) is 8.28. The van der Waals surface area contributed by atoms with E-state index < -0.39 is 11.7 Å². The van der Waals surface area contributed by atoms with E-state index in [1.54, 1.807) is 52.3 Å². The lowest BCUT2D eigenvalue weighted by atomic mass is 10.1. The highest BCUT2D eigenvalue weighted by atomic mass is 19.4. The molecule has 4 rings (SSSR count). The zero-order chi connectivity index (χ0) is 24.3. The molecule has 3 aromatic carbocycles. The minimum absolute atomic E-state index is 0.101. The van der Waals surface area contributed by atoms with Gasteiger partial charge in [0.25, 0.3) is 5.91 Å². The largest absolute Gasteiger partial charge is 0.416 e. The Bertz CT molecular complexity index is 1190. The van der Waals surface area contributed by atoms with Crippen molar-refractivity contribution in [1.82, 2.24) is 4.90 Å². The maximum absolute atomic E-state index is 13.1. The number of alkyl halides is 3. The van der Waals surface area contributed by atoms with Crippen molar-refractivity contribution < 1.29 is 22.8 Å². The first kappa shape index (κ1) is 23.4. The van der Waals surface area contributed by atoms with Gasteiger partial charge in [-0.15, -0.1) is 0 Å².